The van der Waals surface area contributed by atoms with Gasteiger partial charge in [-0.1, -0.05) is 32.1 Å². The number of hydrogen-bond donors (Lipinski definition) is 0. The van der Waals surface area contributed by atoms with Crippen LogP contribution < -0.4 is 0 Å². The van der Waals surface area contributed by atoms with E-state index in [1.54, 1.807) is 30.2 Å². The molecule has 0 bridgehead atoms. The molecule has 0 N–H and O–H groups in total. The summed E-state index contributed by atoms with van der Waals surface area (Å²) in [6, 6.07) is 0. The molecule has 88 valence electrons. The first-order valence-corrected chi connectivity index (χ1v) is 5.90. The fourth-order valence-electron chi connectivity index (χ4n) is 2.18. The van der Waals surface area contributed by atoms with Crippen molar-refractivity contribution in [1.82, 2.24) is 4.90 Å². The first kappa shape index (κ1) is 12.8. The normalized spacial score (nSPS) is 17.2. The smallest absolute Gasteiger partial charge is 0.226 e. The Hall–Kier alpha value is -1.31. The zero-order valence-corrected chi connectivity index (χ0v) is 10.1. The molecule has 0 saturated heterocycles. The lowest BCUT2D eigenvalue weighted by molar-refractivity contribution is -0.128. The van der Waals surface area contributed by atoms with E-state index in [-0.39, 0.29) is 5.91 Å². The predicted molar refractivity (Wildman–Crippen MR) is 67.8 cm³/mol. The summed E-state index contributed by atoms with van der Waals surface area (Å²) >= 11 is 0. The standard InChI is InChI=1S/C14H21NO/c1-4-8-13(5-2)15(3)14(16)11-12-9-6-7-10-12/h4-5,8,12H,1-2,6-7,9-11H2,3H3. The third kappa shape index (κ3) is 3.37. The third-order valence-electron chi connectivity index (χ3n) is 3.20. The molecule has 1 fully saturated rings. The lowest BCUT2D eigenvalue weighted by Gasteiger charge is -2.20. The van der Waals surface area contributed by atoms with Crippen molar-refractivity contribution in [2.75, 3.05) is 7.05 Å². The highest BCUT2D eigenvalue weighted by atomic mass is 16.2. The van der Waals surface area contributed by atoms with Crippen LogP contribution >= 0.6 is 0 Å². The van der Waals surface area contributed by atoms with Crippen LogP contribution in [0.5, 0.6) is 0 Å². The molecule has 0 aromatic rings. The monoisotopic (exact) mass is 219 g/mol. The number of rotatable bonds is 5. The highest BCUT2D eigenvalue weighted by Gasteiger charge is 2.20. The van der Waals surface area contributed by atoms with Gasteiger partial charge in [0.2, 0.25) is 5.91 Å². The quantitative estimate of drug-likeness (QED) is 0.650. The van der Waals surface area contributed by atoms with Gasteiger partial charge in [-0.05, 0) is 30.9 Å². The fraction of sp³-hybridized carbons (Fsp3) is 0.500. The number of nitrogens with zero attached hydrogens (tertiary/aromatic N) is 1. The summed E-state index contributed by atoms with van der Waals surface area (Å²) in [5.74, 6) is 0.768. The summed E-state index contributed by atoms with van der Waals surface area (Å²) in [5.41, 5.74) is 0.818. The minimum Gasteiger partial charge on any atom is -0.316 e. The van der Waals surface area contributed by atoms with Crippen LogP contribution in [-0.2, 0) is 4.79 Å². The van der Waals surface area contributed by atoms with Crippen LogP contribution in [0, 0.1) is 5.92 Å². The average molecular weight is 219 g/mol. The van der Waals surface area contributed by atoms with Gasteiger partial charge in [-0.3, -0.25) is 4.79 Å². The molecular weight excluding hydrogens is 198 g/mol. The first-order chi connectivity index (χ1) is 7.69. The number of allylic oxidation sites excluding steroid dienone is 3. The van der Waals surface area contributed by atoms with Crippen molar-refractivity contribution in [2.24, 2.45) is 5.92 Å². The van der Waals surface area contributed by atoms with Crippen LogP contribution in [0.2, 0.25) is 0 Å². The summed E-state index contributed by atoms with van der Waals surface area (Å²) in [7, 11) is 1.80. The SMILES string of the molecule is C=CC=C(C=C)N(C)C(=O)CC1CCCC1. The van der Waals surface area contributed by atoms with E-state index in [4.69, 9.17) is 0 Å². The topological polar surface area (TPSA) is 20.3 Å². The number of carbonyl (C=O) groups is 1. The summed E-state index contributed by atoms with van der Waals surface area (Å²) in [4.78, 5) is 13.7. The average Bonchev–Trinajstić information content (AvgIpc) is 2.77. The largest absolute Gasteiger partial charge is 0.316 e. The van der Waals surface area contributed by atoms with Gasteiger partial charge in [0.05, 0.1) is 0 Å². The lowest BCUT2D eigenvalue weighted by atomic mass is 10.0. The van der Waals surface area contributed by atoms with E-state index in [1.165, 1.54) is 25.7 Å². The maximum Gasteiger partial charge on any atom is 0.226 e. The Kier molecular flexibility index (Phi) is 5.03. The molecular formula is C14H21NO. The van der Waals surface area contributed by atoms with E-state index < -0.39 is 0 Å². The van der Waals surface area contributed by atoms with Gasteiger partial charge >= 0.3 is 0 Å². The molecule has 1 aliphatic rings. The molecule has 0 heterocycles. The highest BCUT2D eigenvalue weighted by Crippen LogP contribution is 2.28. The Labute approximate surface area is 98.3 Å². The molecule has 0 atom stereocenters. The molecule has 16 heavy (non-hydrogen) atoms. The fourth-order valence-corrected chi connectivity index (χ4v) is 2.18. The summed E-state index contributed by atoms with van der Waals surface area (Å²) in [5, 5.41) is 0. The van der Waals surface area contributed by atoms with Crippen LogP contribution in [0.1, 0.15) is 32.1 Å². The van der Waals surface area contributed by atoms with E-state index >= 15 is 0 Å². The summed E-state index contributed by atoms with van der Waals surface area (Å²) in [6.45, 7) is 7.34. The van der Waals surface area contributed by atoms with Gasteiger partial charge in [0.1, 0.15) is 0 Å². The maximum atomic E-state index is 12.0. The molecule has 1 amide bonds. The van der Waals surface area contributed by atoms with Crippen molar-refractivity contribution in [3.8, 4) is 0 Å². The molecule has 2 heteroatoms. The van der Waals surface area contributed by atoms with E-state index in [9.17, 15) is 4.79 Å². The van der Waals surface area contributed by atoms with E-state index in [0.29, 0.717) is 12.3 Å². The number of hydrogen-bond acceptors (Lipinski definition) is 1. The Morgan fingerprint density at radius 3 is 2.50 bits per heavy atom. The van der Waals surface area contributed by atoms with Crippen molar-refractivity contribution in [1.29, 1.82) is 0 Å². The minimum absolute atomic E-state index is 0.180. The van der Waals surface area contributed by atoms with Gasteiger partial charge in [-0.2, -0.15) is 0 Å². The maximum absolute atomic E-state index is 12.0. The summed E-state index contributed by atoms with van der Waals surface area (Å²) in [6.07, 6.45) is 10.8. The van der Waals surface area contributed by atoms with E-state index in [0.717, 1.165) is 5.70 Å². The summed E-state index contributed by atoms with van der Waals surface area (Å²) < 4.78 is 0. The molecule has 1 aliphatic carbocycles. The van der Waals surface area contributed by atoms with Crippen LogP contribution in [0.3, 0.4) is 0 Å². The van der Waals surface area contributed by atoms with E-state index in [2.05, 4.69) is 13.2 Å². The second-order valence-electron chi connectivity index (χ2n) is 4.34. The van der Waals surface area contributed by atoms with Gasteiger partial charge < -0.3 is 4.90 Å². The second kappa shape index (κ2) is 6.31. The first-order valence-electron chi connectivity index (χ1n) is 5.90. The zero-order valence-electron chi connectivity index (χ0n) is 10.1. The van der Waals surface area contributed by atoms with Gasteiger partial charge in [-0.25, -0.2) is 0 Å². The Morgan fingerprint density at radius 2 is 2.00 bits per heavy atom. The molecule has 0 spiro atoms. The van der Waals surface area contributed by atoms with Gasteiger partial charge in [0, 0.05) is 19.2 Å². The van der Waals surface area contributed by atoms with Crippen LogP contribution in [-0.4, -0.2) is 17.9 Å². The highest BCUT2D eigenvalue weighted by molar-refractivity contribution is 5.78. The lowest BCUT2D eigenvalue weighted by Crippen LogP contribution is -2.26. The van der Waals surface area contributed by atoms with E-state index in [1.807, 2.05) is 0 Å². The van der Waals surface area contributed by atoms with Crippen molar-refractivity contribution in [3.63, 3.8) is 0 Å². The molecule has 1 rings (SSSR count). The molecule has 0 aliphatic heterocycles. The second-order valence-corrected chi connectivity index (χ2v) is 4.34. The van der Waals surface area contributed by atoms with Crippen LogP contribution in [0.15, 0.2) is 37.1 Å². The number of likely N-dealkylation sites (N-methyl/N-ethyl adjacent to an activating group) is 1. The molecule has 0 radical (unpaired) electrons. The molecule has 0 unspecified atom stereocenters. The number of carbonyl (C=O) groups excluding carboxylic acids is 1. The van der Waals surface area contributed by atoms with Crippen molar-refractivity contribution >= 4 is 5.91 Å². The molecule has 0 aromatic carbocycles. The van der Waals surface area contributed by atoms with Gasteiger partial charge in [-0.15, -0.1) is 0 Å². The van der Waals surface area contributed by atoms with Crippen LogP contribution in [0.25, 0.3) is 0 Å². The predicted octanol–water partition coefficient (Wildman–Crippen LogP) is 3.28. The van der Waals surface area contributed by atoms with Crippen molar-refractivity contribution in [3.05, 3.63) is 37.1 Å². The Bertz CT molecular complexity index is 298. The Balaban J connectivity index is 2.54. The van der Waals surface area contributed by atoms with Gasteiger partial charge in [0.15, 0.2) is 0 Å². The Morgan fingerprint density at radius 1 is 1.38 bits per heavy atom. The molecule has 0 aromatic heterocycles. The van der Waals surface area contributed by atoms with Gasteiger partial charge in [0.25, 0.3) is 0 Å². The third-order valence-corrected chi connectivity index (χ3v) is 3.20. The van der Waals surface area contributed by atoms with Crippen molar-refractivity contribution < 1.29 is 4.79 Å². The molecule has 1 saturated carbocycles. The zero-order chi connectivity index (χ0) is 12.0. The van der Waals surface area contributed by atoms with Crippen molar-refractivity contribution in [2.45, 2.75) is 32.1 Å². The number of amides is 1. The molecule has 2 nitrogen and oxygen atoms in total. The van der Waals surface area contributed by atoms with Crippen LogP contribution in [0.4, 0.5) is 0 Å². The minimum atomic E-state index is 0.180.